The summed E-state index contributed by atoms with van der Waals surface area (Å²) >= 11 is 0. The fourth-order valence-corrected chi connectivity index (χ4v) is 6.57. The number of hydrogen-bond donors (Lipinski definition) is 0. The molecular formula is C32H32O5. The molecule has 0 N–H and O–H groups in total. The molecule has 4 atom stereocenters. The molecule has 0 saturated carbocycles. The van der Waals surface area contributed by atoms with Gasteiger partial charge >= 0.3 is 11.9 Å². The molecule has 5 rings (SSSR count). The van der Waals surface area contributed by atoms with E-state index < -0.39 is 29.1 Å². The van der Waals surface area contributed by atoms with Crippen LogP contribution in [0.4, 0.5) is 0 Å². The maximum absolute atomic E-state index is 13.5. The van der Waals surface area contributed by atoms with Crippen molar-refractivity contribution < 1.29 is 23.8 Å². The maximum atomic E-state index is 13.5. The smallest absolute Gasteiger partial charge is 0.326 e. The van der Waals surface area contributed by atoms with E-state index in [4.69, 9.17) is 14.2 Å². The Morgan fingerprint density at radius 1 is 0.757 bits per heavy atom. The van der Waals surface area contributed by atoms with Crippen molar-refractivity contribution in [2.24, 2.45) is 5.41 Å². The average Bonchev–Trinajstić information content (AvgIpc) is 3.18. The van der Waals surface area contributed by atoms with Gasteiger partial charge in [0.05, 0.1) is 19.8 Å². The Morgan fingerprint density at radius 3 is 1.70 bits per heavy atom. The van der Waals surface area contributed by atoms with E-state index in [9.17, 15) is 9.59 Å². The summed E-state index contributed by atoms with van der Waals surface area (Å²) in [4.78, 5) is 27.1. The van der Waals surface area contributed by atoms with E-state index in [1.807, 2.05) is 66.7 Å². The first-order valence-corrected chi connectivity index (χ1v) is 12.6. The molecule has 1 aliphatic heterocycles. The minimum Gasteiger partial charge on any atom is -0.468 e. The van der Waals surface area contributed by atoms with Crippen molar-refractivity contribution in [1.82, 2.24) is 0 Å². The van der Waals surface area contributed by atoms with Gasteiger partial charge in [0.2, 0.25) is 0 Å². The zero-order valence-corrected chi connectivity index (χ0v) is 21.6. The number of benzene rings is 3. The molecule has 0 bridgehead atoms. The van der Waals surface area contributed by atoms with Gasteiger partial charge in [0.25, 0.3) is 0 Å². The minimum atomic E-state index is -1.67. The topological polar surface area (TPSA) is 61.8 Å². The summed E-state index contributed by atoms with van der Waals surface area (Å²) in [5, 5.41) is 0. The first-order valence-electron chi connectivity index (χ1n) is 12.6. The van der Waals surface area contributed by atoms with Gasteiger partial charge in [-0.25, -0.2) is 0 Å². The lowest BCUT2D eigenvalue weighted by Gasteiger charge is -2.50. The van der Waals surface area contributed by atoms with Crippen molar-refractivity contribution >= 4 is 11.9 Å². The average molecular weight is 497 g/mol. The van der Waals surface area contributed by atoms with Gasteiger partial charge in [-0.15, -0.1) is 0 Å². The van der Waals surface area contributed by atoms with Gasteiger partial charge in [-0.1, -0.05) is 96.6 Å². The van der Waals surface area contributed by atoms with Gasteiger partial charge in [-0.05, 0) is 36.1 Å². The molecule has 3 aromatic rings. The highest BCUT2D eigenvalue weighted by atomic mass is 16.6. The third-order valence-electron chi connectivity index (χ3n) is 8.25. The Balaban J connectivity index is 1.77. The minimum absolute atomic E-state index is 0.00566. The van der Waals surface area contributed by atoms with E-state index in [0.29, 0.717) is 0 Å². The molecule has 1 unspecified atom stereocenters. The predicted molar refractivity (Wildman–Crippen MR) is 141 cm³/mol. The molecule has 1 fully saturated rings. The molecular weight excluding hydrogens is 464 g/mol. The fourth-order valence-electron chi connectivity index (χ4n) is 6.57. The van der Waals surface area contributed by atoms with E-state index in [2.05, 4.69) is 38.1 Å². The number of carbonyl (C=O) groups is 2. The number of fused-ring (bicyclic) bond motifs is 1. The quantitative estimate of drug-likeness (QED) is 0.241. The van der Waals surface area contributed by atoms with Crippen LogP contribution >= 0.6 is 0 Å². The molecule has 5 nitrogen and oxygen atoms in total. The zero-order valence-electron chi connectivity index (χ0n) is 21.6. The number of ether oxygens (including phenoxy) is 3. The molecule has 1 saturated heterocycles. The highest BCUT2D eigenvalue weighted by molar-refractivity contribution is 6.01. The van der Waals surface area contributed by atoms with Crippen LogP contribution in [0.5, 0.6) is 0 Å². The standard InChI is InChI=1S/C32H32O5/c1-21-25-20-32(29(33)35-3,30(34)36-4)28(24-18-12-7-13-19-24)37-31(25,2)27(23-16-10-6-11-17-23)26(21)22-14-8-5-9-15-22/h5-19,26-28H,20H2,1-4H3/t26-,27-,28?,31-/m1/s1. The van der Waals surface area contributed by atoms with Crippen LogP contribution in [0.2, 0.25) is 0 Å². The molecule has 0 spiro atoms. The Hall–Kier alpha value is -3.70. The van der Waals surface area contributed by atoms with Gasteiger partial charge < -0.3 is 14.2 Å². The molecule has 37 heavy (non-hydrogen) atoms. The molecule has 1 aliphatic carbocycles. The van der Waals surface area contributed by atoms with Crippen molar-refractivity contribution in [1.29, 1.82) is 0 Å². The molecule has 190 valence electrons. The normalized spacial score (nSPS) is 26.3. The van der Waals surface area contributed by atoms with Gasteiger partial charge in [0, 0.05) is 18.3 Å². The second kappa shape index (κ2) is 9.64. The Bertz CT molecular complexity index is 1300. The van der Waals surface area contributed by atoms with Crippen molar-refractivity contribution in [3.63, 3.8) is 0 Å². The van der Waals surface area contributed by atoms with Gasteiger partial charge in [-0.2, -0.15) is 0 Å². The van der Waals surface area contributed by atoms with Crippen LogP contribution in [0.15, 0.2) is 102 Å². The van der Waals surface area contributed by atoms with Crippen molar-refractivity contribution in [2.75, 3.05) is 14.2 Å². The number of esters is 2. The fraction of sp³-hybridized carbons (Fsp3) is 0.312. The third kappa shape index (κ3) is 3.80. The molecule has 3 aromatic carbocycles. The van der Waals surface area contributed by atoms with Gasteiger partial charge in [-0.3, -0.25) is 9.59 Å². The summed E-state index contributed by atoms with van der Waals surface area (Å²) in [5.41, 5.74) is 2.63. The van der Waals surface area contributed by atoms with Crippen LogP contribution in [0.3, 0.4) is 0 Å². The highest BCUT2D eigenvalue weighted by Gasteiger charge is 2.66. The van der Waals surface area contributed by atoms with Gasteiger partial charge in [0.1, 0.15) is 6.10 Å². The Labute approximate surface area is 218 Å². The zero-order chi connectivity index (χ0) is 26.2. The molecule has 1 heterocycles. The lowest BCUT2D eigenvalue weighted by molar-refractivity contribution is -0.203. The summed E-state index contributed by atoms with van der Waals surface area (Å²) in [6.45, 7) is 4.20. The van der Waals surface area contributed by atoms with Crippen LogP contribution in [0, 0.1) is 5.41 Å². The van der Waals surface area contributed by atoms with Gasteiger partial charge in [0.15, 0.2) is 5.41 Å². The number of rotatable bonds is 5. The lowest BCUT2D eigenvalue weighted by atomic mass is 9.66. The molecule has 0 aromatic heterocycles. The van der Waals surface area contributed by atoms with Crippen LogP contribution in [0.25, 0.3) is 0 Å². The van der Waals surface area contributed by atoms with Crippen molar-refractivity contribution in [3.8, 4) is 0 Å². The van der Waals surface area contributed by atoms with E-state index in [1.54, 1.807) is 0 Å². The second-order valence-corrected chi connectivity index (χ2v) is 10.1. The summed E-state index contributed by atoms with van der Waals surface area (Å²) < 4.78 is 17.6. The predicted octanol–water partition coefficient (Wildman–Crippen LogP) is 6.14. The first kappa shape index (κ1) is 25.0. The third-order valence-corrected chi connectivity index (χ3v) is 8.25. The Kier molecular flexibility index (Phi) is 6.50. The first-order chi connectivity index (χ1) is 17.9. The summed E-state index contributed by atoms with van der Waals surface area (Å²) in [6, 6.07) is 30.1. The van der Waals surface area contributed by atoms with Crippen LogP contribution in [-0.2, 0) is 23.8 Å². The second-order valence-electron chi connectivity index (χ2n) is 10.1. The molecule has 5 heteroatoms. The van der Waals surface area contributed by atoms with E-state index in [0.717, 1.165) is 22.3 Å². The maximum Gasteiger partial charge on any atom is 0.326 e. The Morgan fingerprint density at radius 2 is 1.22 bits per heavy atom. The summed E-state index contributed by atoms with van der Waals surface area (Å²) in [7, 11) is 2.61. The molecule has 0 radical (unpaired) electrons. The SMILES string of the molecule is COC(=O)C1(C(=O)OC)CC2=C(C)[C@H](c3ccccc3)[C@@H](c3ccccc3)[C@]2(C)OC1c1ccccc1. The molecule has 0 amide bonds. The van der Waals surface area contributed by atoms with E-state index in [-0.39, 0.29) is 18.3 Å². The molecule has 2 aliphatic rings. The van der Waals surface area contributed by atoms with E-state index in [1.165, 1.54) is 19.8 Å². The van der Waals surface area contributed by atoms with Crippen LogP contribution < -0.4 is 0 Å². The number of allylic oxidation sites excluding steroid dienone is 1. The lowest BCUT2D eigenvalue weighted by Crippen LogP contribution is -2.55. The van der Waals surface area contributed by atoms with Crippen LogP contribution in [-0.4, -0.2) is 31.8 Å². The number of carbonyl (C=O) groups excluding carboxylic acids is 2. The van der Waals surface area contributed by atoms with E-state index >= 15 is 0 Å². The summed E-state index contributed by atoms with van der Waals surface area (Å²) in [5.74, 6) is -1.37. The highest BCUT2D eigenvalue weighted by Crippen LogP contribution is 2.65. The largest absolute Gasteiger partial charge is 0.468 e. The number of hydrogen-bond acceptors (Lipinski definition) is 5. The number of methoxy groups -OCH3 is 2. The van der Waals surface area contributed by atoms with Crippen LogP contribution in [0.1, 0.15) is 54.9 Å². The monoisotopic (exact) mass is 496 g/mol. The van der Waals surface area contributed by atoms with Crippen molar-refractivity contribution in [3.05, 3.63) is 119 Å². The van der Waals surface area contributed by atoms with Crippen molar-refractivity contribution in [2.45, 2.75) is 43.8 Å². The summed E-state index contributed by atoms with van der Waals surface area (Å²) in [6.07, 6.45) is -0.739.